The highest BCUT2D eigenvalue weighted by Crippen LogP contribution is 2.35. The molecule has 8 heteroatoms. The second-order valence-corrected chi connectivity index (χ2v) is 8.92. The molecule has 0 aliphatic heterocycles. The van der Waals surface area contributed by atoms with Crippen molar-refractivity contribution in [3.05, 3.63) is 34.8 Å². The Balaban J connectivity index is 2.13. The number of carbonyl (C=O) groups excluding carboxylic acids is 1. The summed E-state index contributed by atoms with van der Waals surface area (Å²) in [6.07, 6.45) is 2.75. The van der Waals surface area contributed by atoms with E-state index in [-0.39, 0.29) is 16.6 Å². The number of sulfone groups is 1. The number of aromatic amines is 1. The predicted octanol–water partition coefficient (Wildman–Crippen LogP) is 2.15. The number of carbonyl (C=O) groups is 1. The summed E-state index contributed by atoms with van der Waals surface area (Å²) in [6.45, 7) is 6.00. The van der Waals surface area contributed by atoms with Crippen LogP contribution in [0.4, 0.5) is 0 Å². The van der Waals surface area contributed by atoms with Gasteiger partial charge in [0.05, 0.1) is 6.04 Å². The molecule has 0 fully saturated rings. The van der Waals surface area contributed by atoms with Gasteiger partial charge in [-0.1, -0.05) is 26.8 Å². The highest BCUT2D eigenvalue weighted by atomic mass is 32.2. The summed E-state index contributed by atoms with van der Waals surface area (Å²) in [7, 11) is -3.75. The molecular weight excluding hydrogens is 322 g/mol. The lowest BCUT2D eigenvalue weighted by molar-refractivity contribution is -0.120. The van der Waals surface area contributed by atoms with E-state index in [1.165, 1.54) is 23.7 Å². The van der Waals surface area contributed by atoms with E-state index < -0.39 is 21.5 Å². The van der Waals surface area contributed by atoms with Crippen LogP contribution >= 0.6 is 11.3 Å². The third kappa shape index (κ3) is 3.95. The Morgan fingerprint density at radius 3 is 2.68 bits per heavy atom. The van der Waals surface area contributed by atoms with Gasteiger partial charge in [0.1, 0.15) is 5.75 Å². The number of aromatic nitrogens is 2. The highest BCUT2D eigenvalue weighted by molar-refractivity contribution is 7.91. The molecule has 6 nitrogen and oxygen atoms in total. The first-order valence-electron chi connectivity index (χ1n) is 6.75. The van der Waals surface area contributed by atoms with Gasteiger partial charge in [-0.3, -0.25) is 4.79 Å². The lowest BCUT2D eigenvalue weighted by Crippen LogP contribution is -2.39. The second-order valence-electron chi connectivity index (χ2n) is 6.04. The molecule has 22 heavy (non-hydrogen) atoms. The molecule has 0 saturated carbocycles. The minimum atomic E-state index is -3.75. The Hall–Kier alpha value is -1.67. The summed E-state index contributed by atoms with van der Waals surface area (Å²) in [4.78, 5) is 19.4. The highest BCUT2D eigenvalue weighted by Gasteiger charge is 2.30. The van der Waals surface area contributed by atoms with Crippen LogP contribution < -0.4 is 5.32 Å². The van der Waals surface area contributed by atoms with E-state index >= 15 is 0 Å². The van der Waals surface area contributed by atoms with Crippen LogP contribution in [-0.4, -0.2) is 30.0 Å². The molecule has 0 saturated heterocycles. The number of rotatable bonds is 5. The van der Waals surface area contributed by atoms with Gasteiger partial charge >= 0.3 is 0 Å². The van der Waals surface area contributed by atoms with Gasteiger partial charge in [0.25, 0.3) is 0 Å². The monoisotopic (exact) mass is 341 g/mol. The average Bonchev–Trinajstić information content (AvgIpc) is 3.07. The maximum Gasteiger partial charge on any atom is 0.236 e. The van der Waals surface area contributed by atoms with Gasteiger partial charge in [-0.15, -0.1) is 11.3 Å². The Labute approximate surface area is 133 Å². The fourth-order valence-corrected chi connectivity index (χ4v) is 4.09. The molecule has 2 rings (SSSR count). The van der Waals surface area contributed by atoms with Gasteiger partial charge in [-0.05, 0) is 16.9 Å². The van der Waals surface area contributed by atoms with Crippen LogP contribution in [0.1, 0.15) is 31.7 Å². The summed E-state index contributed by atoms with van der Waals surface area (Å²) < 4.78 is 24.1. The third-order valence-electron chi connectivity index (χ3n) is 3.09. The quantitative estimate of drug-likeness (QED) is 0.871. The van der Waals surface area contributed by atoms with Crippen LogP contribution in [0.3, 0.4) is 0 Å². The Morgan fingerprint density at radius 1 is 1.45 bits per heavy atom. The van der Waals surface area contributed by atoms with Crippen LogP contribution in [0.5, 0.6) is 0 Å². The lowest BCUT2D eigenvalue weighted by Gasteiger charge is -2.30. The zero-order valence-corrected chi connectivity index (χ0v) is 14.3. The summed E-state index contributed by atoms with van der Waals surface area (Å²) in [5.74, 6) is -1.16. The Bertz CT molecular complexity index is 714. The lowest BCUT2D eigenvalue weighted by atomic mass is 9.86. The van der Waals surface area contributed by atoms with E-state index in [0.29, 0.717) is 0 Å². The average molecular weight is 341 g/mol. The number of imidazole rings is 1. The molecule has 2 N–H and O–H groups in total. The van der Waals surface area contributed by atoms with Crippen LogP contribution in [0.2, 0.25) is 0 Å². The van der Waals surface area contributed by atoms with E-state index in [0.717, 1.165) is 4.88 Å². The molecule has 0 spiro atoms. The zero-order valence-electron chi connectivity index (χ0n) is 12.7. The predicted molar refractivity (Wildman–Crippen MR) is 85.3 cm³/mol. The number of nitrogens with zero attached hydrogens (tertiary/aromatic N) is 1. The number of nitrogens with one attached hydrogen (secondary N) is 2. The van der Waals surface area contributed by atoms with Crippen LogP contribution in [-0.2, 0) is 14.6 Å². The molecule has 2 aromatic rings. The molecule has 0 aromatic carbocycles. The van der Waals surface area contributed by atoms with Crippen LogP contribution in [0, 0.1) is 5.41 Å². The van der Waals surface area contributed by atoms with Gasteiger partial charge in [0.15, 0.2) is 0 Å². The van der Waals surface area contributed by atoms with Gasteiger partial charge in [0, 0.05) is 17.3 Å². The minimum absolute atomic E-state index is 0.189. The zero-order chi connectivity index (χ0) is 16.4. The SMILES string of the molecule is CC(C)(C)[C@@H](NC(=O)CS(=O)(=O)c1ncc[nH]1)c1cccs1. The maximum atomic E-state index is 12.2. The summed E-state index contributed by atoms with van der Waals surface area (Å²) >= 11 is 1.53. The van der Waals surface area contributed by atoms with E-state index in [9.17, 15) is 13.2 Å². The first-order valence-corrected chi connectivity index (χ1v) is 9.28. The number of amides is 1. The van der Waals surface area contributed by atoms with Crippen molar-refractivity contribution in [2.75, 3.05) is 5.75 Å². The largest absolute Gasteiger partial charge is 0.347 e. The molecule has 1 amide bonds. The number of hydrogen-bond donors (Lipinski definition) is 2. The fourth-order valence-electron chi connectivity index (χ4n) is 2.03. The number of H-pyrrole nitrogens is 1. The Morgan fingerprint density at radius 2 is 2.18 bits per heavy atom. The molecule has 0 aliphatic carbocycles. The second kappa shape index (κ2) is 6.21. The molecule has 2 heterocycles. The molecule has 120 valence electrons. The van der Waals surface area contributed by atoms with Gasteiger partial charge < -0.3 is 10.3 Å². The smallest absolute Gasteiger partial charge is 0.236 e. The van der Waals surface area contributed by atoms with Gasteiger partial charge in [-0.25, -0.2) is 13.4 Å². The van der Waals surface area contributed by atoms with Crippen molar-refractivity contribution in [1.29, 1.82) is 0 Å². The molecule has 1 atom stereocenters. The van der Waals surface area contributed by atoms with Crippen molar-refractivity contribution in [2.24, 2.45) is 5.41 Å². The first kappa shape index (κ1) is 16.7. The molecule has 2 aromatic heterocycles. The van der Waals surface area contributed by atoms with Crippen molar-refractivity contribution < 1.29 is 13.2 Å². The summed E-state index contributed by atoms with van der Waals surface area (Å²) in [5.41, 5.74) is -0.227. The van der Waals surface area contributed by atoms with Crippen LogP contribution in [0.25, 0.3) is 0 Å². The summed E-state index contributed by atoms with van der Waals surface area (Å²) in [6, 6.07) is 3.60. The number of hydrogen-bond acceptors (Lipinski definition) is 5. The van der Waals surface area contributed by atoms with Crippen molar-refractivity contribution in [3.8, 4) is 0 Å². The van der Waals surface area contributed by atoms with Gasteiger partial charge in [-0.2, -0.15) is 0 Å². The fraction of sp³-hybridized carbons (Fsp3) is 0.429. The molecule has 0 radical (unpaired) electrons. The maximum absolute atomic E-state index is 12.2. The third-order valence-corrected chi connectivity index (χ3v) is 5.48. The Kier molecular flexibility index (Phi) is 4.72. The van der Waals surface area contributed by atoms with Crippen molar-refractivity contribution in [2.45, 2.75) is 32.0 Å². The van der Waals surface area contributed by atoms with E-state index in [4.69, 9.17) is 0 Å². The van der Waals surface area contributed by atoms with E-state index in [1.807, 2.05) is 38.3 Å². The number of thiophene rings is 1. The topological polar surface area (TPSA) is 91.9 Å². The van der Waals surface area contributed by atoms with Crippen molar-refractivity contribution in [3.63, 3.8) is 0 Å². The molecule has 0 unspecified atom stereocenters. The molecular formula is C14H19N3O3S2. The molecule has 0 aliphatic rings. The van der Waals surface area contributed by atoms with E-state index in [1.54, 1.807) is 0 Å². The first-order chi connectivity index (χ1) is 10.2. The van der Waals surface area contributed by atoms with Crippen molar-refractivity contribution in [1.82, 2.24) is 15.3 Å². The molecule has 0 bridgehead atoms. The summed E-state index contributed by atoms with van der Waals surface area (Å²) in [5, 5.41) is 4.57. The van der Waals surface area contributed by atoms with Crippen LogP contribution in [0.15, 0.2) is 35.1 Å². The van der Waals surface area contributed by atoms with E-state index in [2.05, 4.69) is 15.3 Å². The normalized spacial score (nSPS) is 13.8. The van der Waals surface area contributed by atoms with Gasteiger partial charge in [0.2, 0.25) is 20.9 Å². The minimum Gasteiger partial charge on any atom is -0.347 e. The van der Waals surface area contributed by atoms with Crippen molar-refractivity contribution >= 4 is 27.1 Å². The standard InChI is InChI=1S/C14H19N3O3S2/c1-14(2,3)12(10-5-4-8-21-10)17-11(18)9-22(19,20)13-15-6-7-16-13/h4-8,12H,9H2,1-3H3,(H,15,16)(H,17,18)/t12-/m0/s1.